The molecule has 9 nitrogen and oxygen atoms in total. The van der Waals surface area contributed by atoms with Crippen molar-refractivity contribution in [2.75, 3.05) is 23.5 Å². The van der Waals surface area contributed by atoms with Gasteiger partial charge in [0.15, 0.2) is 4.01 Å². The van der Waals surface area contributed by atoms with E-state index < -0.39 is 26.0 Å². The summed E-state index contributed by atoms with van der Waals surface area (Å²) < 4.78 is 61.2. The number of nitrogens with zero attached hydrogens (tertiary/aromatic N) is 2. The van der Waals surface area contributed by atoms with E-state index in [0.29, 0.717) is 6.54 Å². The highest BCUT2D eigenvalue weighted by molar-refractivity contribution is 9.11. The van der Waals surface area contributed by atoms with Crippen LogP contribution in [0, 0.1) is 0 Å². The highest BCUT2D eigenvalue weighted by Gasteiger charge is 2.30. The van der Waals surface area contributed by atoms with Crippen LogP contribution in [0.2, 0.25) is 0 Å². The molecule has 0 radical (unpaired) electrons. The second kappa shape index (κ2) is 10.4. The Hall–Kier alpha value is -1.01. The molecule has 0 aliphatic carbocycles. The second-order valence-electron chi connectivity index (χ2n) is 7.53. The topological polar surface area (TPSA) is 125 Å². The van der Waals surface area contributed by atoms with Gasteiger partial charge in [-0.05, 0) is 40.5 Å². The summed E-state index contributed by atoms with van der Waals surface area (Å²) in [4.78, 5) is 15.4. The van der Waals surface area contributed by atoms with Crippen LogP contribution in [0.1, 0.15) is 11.4 Å². The molecule has 1 amide bonds. The minimum absolute atomic E-state index is 0.193. The molecule has 35 heavy (non-hydrogen) atoms. The number of anilines is 1. The summed E-state index contributed by atoms with van der Waals surface area (Å²) in [6, 6.07) is 7.69. The molecule has 4 rings (SSSR count). The van der Waals surface area contributed by atoms with E-state index in [1.165, 1.54) is 34.4 Å². The summed E-state index contributed by atoms with van der Waals surface area (Å²) in [5.74, 6) is -1.02. The summed E-state index contributed by atoms with van der Waals surface area (Å²) in [6.07, 6.45) is 3.05. The van der Waals surface area contributed by atoms with E-state index in [2.05, 4.69) is 31.9 Å². The van der Waals surface area contributed by atoms with Crippen molar-refractivity contribution >= 4 is 114 Å². The molecule has 0 saturated heterocycles. The van der Waals surface area contributed by atoms with Crippen LogP contribution in [0.15, 0.2) is 42.4 Å². The van der Waals surface area contributed by atoms with Gasteiger partial charge in [-0.25, -0.2) is 13.1 Å². The number of thiophene rings is 1. The average Bonchev–Trinajstić information content (AvgIpc) is 3.32. The van der Waals surface area contributed by atoms with Crippen LogP contribution in [-0.2, 0) is 31.5 Å². The smallest absolute Gasteiger partial charge is 0.299 e. The minimum Gasteiger partial charge on any atom is -0.335 e. The van der Waals surface area contributed by atoms with E-state index in [-0.39, 0.29) is 18.7 Å². The fourth-order valence-electron chi connectivity index (χ4n) is 3.44. The number of thioether (sulfide) groups is 1. The number of thiazole rings is 1. The number of sulfonamides is 1. The molecule has 188 valence electrons. The first-order chi connectivity index (χ1) is 16.3. The van der Waals surface area contributed by atoms with Crippen LogP contribution < -0.4 is 14.2 Å². The lowest BCUT2D eigenvalue weighted by atomic mass is 10.3. The van der Waals surface area contributed by atoms with Crippen molar-refractivity contribution in [3.63, 3.8) is 0 Å². The maximum atomic E-state index is 12.4. The Kier molecular flexibility index (Phi) is 8.03. The normalized spacial score (nSPS) is 15.2. The quantitative estimate of drug-likeness (QED) is 0.266. The summed E-state index contributed by atoms with van der Waals surface area (Å²) in [5.41, 5.74) is 1.69. The highest BCUT2D eigenvalue weighted by Crippen LogP contribution is 2.48. The number of rotatable bonds is 8. The van der Waals surface area contributed by atoms with Crippen LogP contribution >= 0.6 is 66.3 Å². The number of amides is 1. The number of aromatic nitrogens is 1. The zero-order valence-corrected chi connectivity index (χ0v) is 25.1. The van der Waals surface area contributed by atoms with Crippen molar-refractivity contribution in [1.82, 2.24) is 4.72 Å². The highest BCUT2D eigenvalue weighted by atomic mass is 79.9. The van der Waals surface area contributed by atoms with Gasteiger partial charge >= 0.3 is 0 Å². The lowest BCUT2D eigenvalue weighted by Crippen LogP contribution is -2.45. The molecule has 0 fully saturated rings. The Morgan fingerprint density at radius 1 is 1.20 bits per heavy atom. The van der Waals surface area contributed by atoms with Crippen molar-refractivity contribution < 1.29 is 30.7 Å². The zero-order chi connectivity index (χ0) is 25.5. The summed E-state index contributed by atoms with van der Waals surface area (Å²) in [5, 5.41) is 1.55. The fraction of sp³-hybridized carbons (Fsp3) is 0.263. The second-order valence-corrected chi connectivity index (χ2v) is 16.6. The van der Waals surface area contributed by atoms with Gasteiger partial charge in [0.25, 0.3) is 21.0 Å². The first kappa shape index (κ1) is 27.0. The van der Waals surface area contributed by atoms with E-state index in [4.69, 9.17) is 4.55 Å². The Balaban J connectivity index is 1.73. The predicted molar refractivity (Wildman–Crippen MR) is 147 cm³/mol. The van der Waals surface area contributed by atoms with Gasteiger partial charge in [0.1, 0.15) is 0 Å². The van der Waals surface area contributed by atoms with Gasteiger partial charge in [-0.1, -0.05) is 39.0 Å². The lowest BCUT2D eigenvalue weighted by molar-refractivity contribution is -0.655. The molecule has 0 bridgehead atoms. The molecule has 0 saturated carbocycles. The van der Waals surface area contributed by atoms with Gasteiger partial charge in [-0.3, -0.25) is 9.35 Å². The van der Waals surface area contributed by atoms with Crippen LogP contribution in [0.5, 0.6) is 0 Å². The third-order valence-corrected chi connectivity index (χ3v) is 10.6. The molecule has 2 N–H and O–H groups in total. The average molecular weight is 705 g/mol. The van der Waals surface area contributed by atoms with Crippen LogP contribution in [-0.4, -0.2) is 45.8 Å². The molecule has 3 aromatic rings. The summed E-state index contributed by atoms with van der Waals surface area (Å²) in [6.45, 7) is 0.156. The molecule has 1 aromatic carbocycles. The largest absolute Gasteiger partial charge is 0.335 e. The summed E-state index contributed by atoms with van der Waals surface area (Å²) in [7, 11) is -7.79. The van der Waals surface area contributed by atoms with Gasteiger partial charge in [0.2, 0.25) is 22.1 Å². The molecule has 1 aliphatic rings. The molecule has 2 aromatic heterocycles. The molecule has 0 unspecified atom stereocenters. The van der Waals surface area contributed by atoms with Gasteiger partial charge in [-0.15, -0.1) is 11.3 Å². The first-order valence-corrected chi connectivity index (χ1v) is 17.4. The number of benzene rings is 1. The molecule has 3 heterocycles. The van der Waals surface area contributed by atoms with E-state index in [1.807, 2.05) is 40.0 Å². The van der Waals surface area contributed by atoms with E-state index in [9.17, 15) is 21.6 Å². The molecule has 0 spiro atoms. The number of carbonyl (C=O) groups is 1. The minimum atomic E-state index is -4.09. The molecule has 0 atom stereocenters. The number of nitrogens with one attached hydrogen (secondary N) is 1. The Morgan fingerprint density at radius 3 is 2.63 bits per heavy atom. The van der Waals surface area contributed by atoms with Gasteiger partial charge < -0.3 is 4.90 Å². The van der Waals surface area contributed by atoms with Crippen molar-refractivity contribution in [2.45, 2.75) is 17.9 Å². The van der Waals surface area contributed by atoms with Gasteiger partial charge in [0.05, 0.1) is 32.6 Å². The third-order valence-electron chi connectivity index (χ3n) is 4.73. The number of halogens is 2. The molecular weight excluding hydrogens is 686 g/mol. The predicted octanol–water partition coefficient (Wildman–Crippen LogP) is 4.04. The Labute approximate surface area is 231 Å². The molecule has 1 aliphatic heterocycles. The number of fused-ring (bicyclic) bond motifs is 2. The SMILES string of the molecule is CS(=O)(=O)NC(=O)C[n+]1c(C=C2Sc3ccc(Br)cc3N2CCCS(=O)(=O)O)sc2sc(Br)cc21. The third kappa shape index (κ3) is 6.85. The van der Waals surface area contributed by atoms with Crippen LogP contribution in [0.4, 0.5) is 5.69 Å². The summed E-state index contributed by atoms with van der Waals surface area (Å²) >= 11 is 11.4. The van der Waals surface area contributed by atoms with E-state index in [1.54, 1.807) is 4.57 Å². The molecular formula is C19H18Br2N3O6S5+. The first-order valence-electron chi connectivity index (χ1n) is 9.83. The van der Waals surface area contributed by atoms with Crippen molar-refractivity contribution in [1.29, 1.82) is 0 Å². The zero-order valence-electron chi connectivity index (χ0n) is 17.9. The van der Waals surface area contributed by atoms with E-state index in [0.717, 1.165) is 44.7 Å². The van der Waals surface area contributed by atoms with Crippen LogP contribution in [0.3, 0.4) is 0 Å². The number of hydrogen-bond donors (Lipinski definition) is 2. The molecule has 16 heteroatoms. The monoisotopic (exact) mass is 702 g/mol. The maximum absolute atomic E-state index is 12.4. The van der Waals surface area contributed by atoms with Crippen molar-refractivity contribution in [3.05, 3.63) is 42.6 Å². The Morgan fingerprint density at radius 2 is 1.94 bits per heavy atom. The van der Waals surface area contributed by atoms with Crippen LogP contribution in [0.25, 0.3) is 15.6 Å². The Bertz CT molecular complexity index is 1560. The lowest BCUT2D eigenvalue weighted by Gasteiger charge is -2.20. The van der Waals surface area contributed by atoms with E-state index >= 15 is 0 Å². The standard InChI is InChI=1S/C19H17Br2N3O6S5/c1-34(26,27)22-16(25)10-24-13-8-15(21)32-19(13)33-18(24)9-17-23(5-2-6-35(28,29)30)12-7-11(20)3-4-14(12)31-17/h3-4,7-9H,2,5-6,10H2,1H3,(H-,22,25,28,29,30)/p+1. The number of hydrogen-bond acceptors (Lipinski definition) is 9. The fourth-order valence-corrected chi connectivity index (χ4v) is 9.19. The van der Waals surface area contributed by atoms with Crippen molar-refractivity contribution in [3.8, 4) is 0 Å². The van der Waals surface area contributed by atoms with Crippen molar-refractivity contribution in [2.24, 2.45) is 0 Å². The maximum Gasteiger partial charge on any atom is 0.299 e. The van der Waals surface area contributed by atoms with Gasteiger partial charge in [-0.2, -0.15) is 13.0 Å². The van der Waals surface area contributed by atoms with Gasteiger partial charge in [0, 0.05) is 22.0 Å². The number of carbonyl (C=O) groups excluding carboxylic acids is 1.